The SMILES string of the molecule is C=CCNn1ccc(N)nc1=O. The van der Waals surface area contributed by atoms with Gasteiger partial charge in [-0.3, -0.25) is 0 Å². The molecule has 1 aromatic heterocycles. The van der Waals surface area contributed by atoms with Crippen molar-refractivity contribution in [3.8, 4) is 0 Å². The van der Waals surface area contributed by atoms with Gasteiger partial charge in [0.15, 0.2) is 0 Å². The second-order valence-corrected chi connectivity index (χ2v) is 2.16. The molecule has 0 saturated heterocycles. The summed E-state index contributed by atoms with van der Waals surface area (Å²) in [4.78, 5) is 14.5. The first-order valence-electron chi connectivity index (χ1n) is 3.44. The Kier molecular flexibility index (Phi) is 2.47. The third-order valence-electron chi connectivity index (χ3n) is 1.23. The number of nitrogens with one attached hydrogen (secondary N) is 1. The zero-order valence-corrected chi connectivity index (χ0v) is 6.53. The molecule has 0 unspecified atom stereocenters. The molecule has 1 aromatic rings. The van der Waals surface area contributed by atoms with Gasteiger partial charge in [0, 0.05) is 12.7 Å². The highest BCUT2D eigenvalue weighted by Gasteiger charge is 1.93. The highest BCUT2D eigenvalue weighted by Crippen LogP contribution is 1.86. The van der Waals surface area contributed by atoms with E-state index in [1.807, 2.05) is 0 Å². The van der Waals surface area contributed by atoms with Gasteiger partial charge in [-0.25, -0.2) is 9.47 Å². The van der Waals surface area contributed by atoms with Gasteiger partial charge in [0.1, 0.15) is 5.82 Å². The Morgan fingerprint density at radius 2 is 2.58 bits per heavy atom. The van der Waals surface area contributed by atoms with Gasteiger partial charge < -0.3 is 11.2 Å². The topological polar surface area (TPSA) is 72.9 Å². The van der Waals surface area contributed by atoms with Gasteiger partial charge in [0.05, 0.1) is 0 Å². The molecule has 1 rings (SSSR count). The Hall–Kier alpha value is -1.78. The van der Waals surface area contributed by atoms with Crippen LogP contribution in [0.1, 0.15) is 0 Å². The van der Waals surface area contributed by atoms with E-state index in [9.17, 15) is 4.79 Å². The average Bonchev–Trinajstić information content (AvgIpc) is 2.03. The van der Waals surface area contributed by atoms with Crippen molar-refractivity contribution in [3.63, 3.8) is 0 Å². The van der Waals surface area contributed by atoms with Gasteiger partial charge in [-0.1, -0.05) is 6.08 Å². The van der Waals surface area contributed by atoms with Crippen molar-refractivity contribution < 1.29 is 0 Å². The molecule has 0 aromatic carbocycles. The molecular formula is C7H10N4O. The molecule has 0 amide bonds. The normalized spacial score (nSPS) is 9.33. The summed E-state index contributed by atoms with van der Waals surface area (Å²) in [6, 6.07) is 1.54. The summed E-state index contributed by atoms with van der Waals surface area (Å²) >= 11 is 0. The second kappa shape index (κ2) is 3.56. The Balaban J connectivity index is 2.86. The van der Waals surface area contributed by atoms with Crippen LogP contribution in [-0.2, 0) is 0 Å². The van der Waals surface area contributed by atoms with Crippen LogP contribution >= 0.6 is 0 Å². The minimum absolute atomic E-state index is 0.219. The molecule has 3 N–H and O–H groups in total. The van der Waals surface area contributed by atoms with E-state index < -0.39 is 5.69 Å². The van der Waals surface area contributed by atoms with Gasteiger partial charge in [0.2, 0.25) is 0 Å². The van der Waals surface area contributed by atoms with Crippen molar-refractivity contribution in [1.82, 2.24) is 9.66 Å². The van der Waals surface area contributed by atoms with Gasteiger partial charge in [-0.2, -0.15) is 4.98 Å². The molecule has 0 aliphatic heterocycles. The maximum Gasteiger partial charge on any atom is 0.368 e. The lowest BCUT2D eigenvalue weighted by Gasteiger charge is -2.04. The van der Waals surface area contributed by atoms with Crippen LogP contribution in [-0.4, -0.2) is 16.2 Å². The molecular weight excluding hydrogens is 156 g/mol. The smallest absolute Gasteiger partial charge is 0.368 e. The zero-order chi connectivity index (χ0) is 8.97. The molecule has 0 spiro atoms. The number of rotatable bonds is 3. The minimum Gasteiger partial charge on any atom is -0.383 e. The van der Waals surface area contributed by atoms with Crippen LogP contribution in [0.4, 0.5) is 5.82 Å². The zero-order valence-electron chi connectivity index (χ0n) is 6.53. The summed E-state index contributed by atoms with van der Waals surface area (Å²) in [6.45, 7) is 4.01. The van der Waals surface area contributed by atoms with E-state index in [4.69, 9.17) is 5.73 Å². The fourth-order valence-corrected chi connectivity index (χ4v) is 0.699. The Morgan fingerprint density at radius 1 is 1.83 bits per heavy atom. The molecule has 0 aliphatic rings. The quantitative estimate of drug-likeness (QED) is 0.597. The number of nitrogen functional groups attached to an aromatic ring is 1. The monoisotopic (exact) mass is 166 g/mol. The Morgan fingerprint density at radius 3 is 3.17 bits per heavy atom. The third-order valence-corrected chi connectivity index (χ3v) is 1.23. The summed E-state index contributed by atoms with van der Waals surface area (Å²) in [5, 5.41) is 0. The number of nitrogens with two attached hydrogens (primary N) is 1. The number of hydrogen-bond acceptors (Lipinski definition) is 4. The number of aromatic nitrogens is 2. The standard InChI is InChI=1S/C7H10N4O/c1-2-4-9-11-5-3-6(8)10-7(11)12/h2-3,5,9H,1,4H2,(H2,8,10,12). The first kappa shape index (κ1) is 8.32. The van der Waals surface area contributed by atoms with Crippen molar-refractivity contribution in [2.45, 2.75) is 0 Å². The molecule has 1 heterocycles. The van der Waals surface area contributed by atoms with Crippen molar-refractivity contribution >= 4 is 5.82 Å². The first-order chi connectivity index (χ1) is 5.74. The van der Waals surface area contributed by atoms with Crippen LogP contribution in [0.15, 0.2) is 29.7 Å². The van der Waals surface area contributed by atoms with Crippen LogP contribution < -0.4 is 16.8 Å². The summed E-state index contributed by atoms with van der Waals surface area (Å²) < 4.78 is 1.25. The van der Waals surface area contributed by atoms with Crippen LogP contribution in [0.2, 0.25) is 0 Å². The lowest BCUT2D eigenvalue weighted by molar-refractivity contribution is 0.804. The van der Waals surface area contributed by atoms with Crippen LogP contribution in [0.25, 0.3) is 0 Å². The van der Waals surface area contributed by atoms with E-state index in [0.29, 0.717) is 6.54 Å². The van der Waals surface area contributed by atoms with Gasteiger partial charge in [-0.05, 0) is 6.07 Å². The highest BCUT2D eigenvalue weighted by molar-refractivity contribution is 5.23. The fourth-order valence-electron chi connectivity index (χ4n) is 0.699. The summed E-state index contributed by atoms with van der Waals surface area (Å²) in [6.07, 6.45) is 3.16. The van der Waals surface area contributed by atoms with Crippen molar-refractivity contribution in [1.29, 1.82) is 0 Å². The number of nitrogens with zero attached hydrogens (tertiary/aromatic N) is 2. The molecule has 0 radical (unpaired) electrons. The molecule has 5 nitrogen and oxygen atoms in total. The van der Waals surface area contributed by atoms with Crippen LogP contribution in [0, 0.1) is 0 Å². The molecule has 0 aliphatic carbocycles. The van der Waals surface area contributed by atoms with Crippen LogP contribution in [0.5, 0.6) is 0 Å². The molecule has 64 valence electrons. The minimum atomic E-state index is -0.420. The van der Waals surface area contributed by atoms with Crippen molar-refractivity contribution in [3.05, 3.63) is 35.4 Å². The van der Waals surface area contributed by atoms with E-state index in [1.54, 1.807) is 6.08 Å². The second-order valence-electron chi connectivity index (χ2n) is 2.16. The number of hydrogen-bond donors (Lipinski definition) is 2. The number of anilines is 1. The highest BCUT2D eigenvalue weighted by atomic mass is 16.1. The van der Waals surface area contributed by atoms with Gasteiger partial charge >= 0.3 is 5.69 Å². The van der Waals surface area contributed by atoms with E-state index >= 15 is 0 Å². The molecule has 0 fully saturated rings. The molecule has 0 atom stereocenters. The molecule has 0 saturated carbocycles. The lowest BCUT2D eigenvalue weighted by Crippen LogP contribution is -2.30. The summed E-state index contributed by atoms with van der Waals surface area (Å²) in [5.41, 5.74) is 7.62. The predicted octanol–water partition coefficient (Wildman–Crippen LogP) is -0.445. The Labute approximate surface area is 69.5 Å². The Bertz CT molecular complexity index is 330. The average molecular weight is 166 g/mol. The van der Waals surface area contributed by atoms with E-state index in [1.165, 1.54) is 16.9 Å². The summed E-state index contributed by atoms with van der Waals surface area (Å²) in [5.74, 6) is 0.219. The fraction of sp³-hybridized carbons (Fsp3) is 0.143. The predicted molar refractivity (Wildman–Crippen MR) is 47.3 cm³/mol. The van der Waals surface area contributed by atoms with E-state index in [-0.39, 0.29) is 5.82 Å². The van der Waals surface area contributed by atoms with Gasteiger partial charge in [-0.15, -0.1) is 6.58 Å². The van der Waals surface area contributed by atoms with E-state index in [2.05, 4.69) is 17.0 Å². The van der Waals surface area contributed by atoms with E-state index in [0.717, 1.165) is 0 Å². The largest absolute Gasteiger partial charge is 0.383 e. The first-order valence-corrected chi connectivity index (χ1v) is 3.44. The molecule has 5 heteroatoms. The lowest BCUT2D eigenvalue weighted by atomic mass is 10.6. The third kappa shape index (κ3) is 1.85. The van der Waals surface area contributed by atoms with Crippen LogP contribution in [0.3, 0.4) is 0 Å². The van der Waals surface area contributed by atoms with Gasteiger partial charge in [0.25, 0.3) is 0 Å². The molecule has 0 bridgehead atoms. The van der Waals surface area contributed by atoms with Crippen molar-refractivity contribution in [2.24, 2.45) is 0 Å². The molecule has 12 heavy (non-hydrogen) atoms. The maximum atomic E-state index is 11.0. The van der Waals surface area contributed by atoms with Crippen molar-refractivity contribution in [2.75, 3.05) is 17.7 Å². The maximum absolute atomic E-state index is 11.0. The summed E-state index contributed by atoms with van der Waals surface area (Å²) in [7, 11) is 0.